The van der Waals surface area contributed by atoms with Crippen molar-refractivity contribution < 1.29 is 28.9 Å². The molecule has 100 valence electrons. The standard InChI is InChI=1S/C11H13F2NO4/c12-7-1-5(2-8(13)6(7)4-15)11(18)9(16)3-10(14)17/h1-2,9,11,15-16,18H,3-4H2,(H2,14,17). The van der Waals surface area contributed by atoms with Gasteiger partial charge in [0.1, 0.15) is 17.7 Å². The lowest BCUT2D eigenvalue weighted by molar-refractivity contribution is -0.121. The quantitative estimate of drug-likeness (QED) is 0.585. The topological polar surface area (TPSA) is 104 Å². The van der Waals surface area contributed by atoms with E-state index in [9.17, 15) is 23.8 Å². The second-order valence-electron chi connectivity index (χ2n) is 3.80. The van der Waals surface area contributed by atoms with E-state index < -0.39 is 48.3 Å². The van der Waals surface area contributed by atoms with Crippen molar-refractivity contribution in [1.82, 2.24) is 0 Å². The van der Waals surface area contributed by atoms with E-state index in [-0.39, 0.29) is 5.56 Å². The van der Waals surface area contributed by atoms with Gasteiger partial charge in [-0.1, -0.05) is 0 Å². The van der Waals surface area contributed by atoms with Crippen molar-refractivity contribution in [2.45, 2.75) is 25.2 Å². The maximum absolute atomic E-state index is 13.3. The number of halogens is 2. The van der Waals surface area contributed by atoms with Gasteiger partial charge in [0.2, 0.25) is 5.91 Å². The summed E-state index contributed by atoms with van der Waals surface area (Å²) < 4.78 is 26.6. The molecule has 0 radical (unpaired) electrons. The Morgan fingerprint density at radius 3 is 2.17 bits per heavy atom. The number of primary amides is 1. The van der Waals surface area contributed by atoms with Gasteiger partial charge in [-0.25, -0.2) is 8.78 Å². The minimum Gasteiger partial charge on any atom is -0.391 e. The SMILES string of the molecule is NC(=O)CC(O)C(O)c1cc(F)c(CO)c(F)c1. The molecule has 18 heavy (non-hydrogen) atoms. The summed E-state index contributed by atoms with van der Waals surface area (Å²) >= 11 is 0. The second-order valence-corrected chi connectivity index (χ2v) is 3.80. The molecule has 0 aliphatic rings. The van der Waals surface area contributed by atoms with Gasteiger partial charge in [0, 0.05) is 5.56 Å². The minimum absolute atomic E-state index is 0.240. The molecule has 2 unspecified atom stereocenters. The Balaban J connectivity index is 3.00. The zero-order chi connectivity index (χ0) is 13.9. The van der Waals surface area contributed by atoms with Crippen molar-refractivity contribution in [3.8, 4) is 0 Å². The van der Waals surface area contributed by atoms with Crippen LogP contribution in [-0.4, -0.2) is 27.3 Å². The van der Waals surface area contributed by atoms with Gasteiger partial charge in [-0.15, -0.1) is 0 Å². The first-order valence-electron chi connectivity index (χ1n) is 5.10. The molecule has 0 aliphatic heterocycles. The molecule has 0 bridgehead atoms. The number of benzene rings is 1. The van der Waals surface area contributed by atoms with Crippen LogP contribution in [0.1, 0.15) is 23.7 Å². The molecular weight excluding hydrogens is 248 g/mol. The third-order valence-corrected chi connectivity index (χ3v) is 2.44. The minimum atomic E-state index is -1.64. The highest BCUT2D eigenvalue weighted by atomic mass is 19.1. The number of carbonyl (C=O) groups excluding carboxylic acids is 1. The summed E-state index contributed by atoms with van der Waals surface area (Å²) in [6.07, 6.45) is -3.73. The van der Waals surface area contributed by atoms with E-state index in [1.807, 2.05) is 0 Å². The van der Waals surface area contributed by atoms with E-state index in [1.54, 1.807) is 0 Å². The lowest BCUT2D eigenvalue weighted by Crippen LogP contribution is -2.26. The van der Waals surface area contributed by atoms with Gasteiger partial charge in [0.05, 0.1) is 19.1 Å². The van der Waals surface area contributed by atoms with Crippen LogP contribution in [0.2, 0.25) is 0 Å². The number of rotatable bonds is 5. The third kappa shape index (κ3) is 3.22. The molecule has 0 spiro atoms. The smallest absolute Gasteiger partial charge is 0.220 e. The summed E-state index contributed by atoms with van der Waals surface area (Å²) in [6, 6.07) is 1.56. The molecule has 1 amide bonds. The van der Waals surface area contributed by atoms with E-state index in [4.69, 9.17) is 10.8 Å². The zero-order valence-corrected chi connectivity index (χ0v) is 9.31. The zero-order valence-electron chi connectivity index (χ0n) is 9.31. The first kappa shape index (κ1) is 14.5. The van der Waals surface area contributed by atoms with Crippen LogP contribution in [0.25, 0.3) is 0 Å². The van der Waals surface area contributed by atoms with Crippen LogP contribution in [0, 0.1) is 11.6 Å². The Hall–Kier alpha value is -1.57. The highest BCUT2D eigenvalue weighted by molar-refractivity contribution is 5.74. The Morgan fingerprint density at radius 2 is 1.78 bits per heavy atom. The highest BCUT2D eigenvalue weighted by Gasteiger charge is 2.22. The number of aliphatic hydroxyl groups excluding tert-OH is 3. The fraction of sp³-hybridized carbons (Fsp3) is 0.364. The van der Waals surface area contributed by atoms with Crippen LogP contribution in [0.4, 0.5) is 8.78 Å². The molecule has 0 fully saturated rings. The average molecular weight is 261 g/mol. The summed E-state index contributed by atoms with van der Waals surface area (Å²) in [5.74, 6) is -2.94. The predicted molar refractivity (Wildman–Crippen MR) is 57.1 cm³/mol. The Labute approximate surface area is 101 Å². The predicted octanol–water partition coefficient (Wildman–Crippen LogP) is -0.273. The number of carbonyl (C=O) groups is 1. The monoisotopic (exact) mass is 261 g/mol. The van der Waals surface area contributed by atoms with Gasteiger partial charge in [0.15, 0.2) is 0 Å². The maximum atomic E-state index is 13.3. The lowest BCUT2D eigenvalue weighted by atomic mass is 10.00. The lowest BCUT2D eigenvalue weighted by Gasteiger charge is -2.17. The molecule has 5 N–H and O–H groups in total. The summed E-state index contributed by atoms with van der Waals surface area (Å²) in [7, 11) is 0. The summed E-state index contributed by atoms with van der Waals surface area (Å²) in [6.45, 7) is -0.822. The van der Waals surface area contributed by atoms with E-state index in [1.165, 1.54) is 0 Å². The number of hydrogen-bond acceptors (Lipinski definition) is 4. The van der Waals surface area contributed by atoms with Gasteiger partial charge < -0.3 is 21.1 Å². The summed E-state index contributed by atoms with van der Waals surface area (Å²) in [5, 5.41) is 27.7. The van der Waals surface area contributed by atoms with E-state index in [2.05, 4.69) is 0 Å². The Bertz CT molecular complexity index is 430. The molecule has 1 aromatic rings. The molecule has 2 atom stereocenters. The van der Waals surface area contributed by atoms with Crippen molar-refractivity contribution in [2.75, 3.05) is 0 Å². The fourth-order valence-electron chi connectivity index (χ4n) is 1.48. The fourth-order valence-corrected chi connectivity index (χ4v) is 1.48. The van der Waals surface area contributed by atoms with Crippen LogP contribution < -0.4 is 5.73 Å². The van der Waals surface area contributed by atoms with Gasteiger partial charge in [-0.05, 0) is 17.7 Å². The van der Waals surface area contributed by atoms with Crippen molar-refractivity contribution in [3.63, 3.8) is 0 Å². The molecule has 5 nitrogen and oxygen atoms in total. The van der Waals surface area contributed by atoms with Crippen molar-refractivity contribution in [3.05, 3.63) is 34.9 Å². The van der Waals surface area contributed by atoms with Gasteiger partial charge in [-0.3, -0.25) is 4.79 Å². The van der Waals surface area contributed by atoms with Crippen LogP contribution in [0.3, 0.4) is 0 Å². The Kier molecular flexibility index (Phi) is 4.71. The molecule has 0 aromatic heterocycles. The summed E-state index contributed by atoms with van der Waals surface area (Å²) in [5.41, 5.74) is 4.05. The largest absolute Gasteiger partial charge is 0.391 e. The molecule has 0 saturated carbocycles. The molecule has 0 saturated heterocycles. The van der Waals surface area contributed by atoms with Crippen LogP contribution in [0.5, 0.6) is 0 Å². The number of amides is 1. The van der Waals surface area contributed by atoms with Crippen molar-refractivity contribution in [1.29, 1.82) is 0 Å². The third-order valence-electron chi connectivity index (χ3n) is 2.44. The molecule has 0 heterocycles. The van der Waals surface area contributed by atoms with Gasteiger partial charge >= 0.3 is 0 Å². The van der Waals surface area contributed by atoms with E-state index >= 15 is 0 Å². The van der Waals surface area contributed by atoms with E-state index in [0.29, 0.717) is 0 Å². The van der Waals surface area contributed by atoms with E-state index in [0.717, 1.165) is 12.1 Å². The molecule has 1 rings (SSSR count). The van der Waals surface area contributed by atoms with Crippen molar-refractivity contribution >= 4 is 5.91 Å². The summed E-state index contributed by atoms with van der Waals surface area (Å²) in [4.78, 5) is 10.5. The van der Waals surface area contributed by atoms with Crippen molar-refractivity contribution in [2.24, 2.45) is 5.73 Å². The van der Waals surface area contributed by atoms with Crippen LogP contribution in [-0.2, 0) is 11.4 Å². The molecule has 0 aliphatic carbocycles. The highest BCUT2D eigenvalue weighted by Crippen LogP contribution is 2.23. The second kappa shape index (κ2) is 5.85. The maximum Gasteiger partial charge on any atom is 0.220 e. The first-order chi connectivity index (χ1) is 8.36. The molecule has 1 aromatic carbocycles. The number of nitrogens with two attached hydrogens (primary N) is 1. The van der Waals surface area contributed by atoms with Crippen LogP contribution >= 0.6 is 0 Å². The van der Waals surface area contributed by atoms with Gasteiger partial charge in [-0.2, -0.15) is 0 Å². The first-order valence-corrected chi connectivity index (χ1v) is 5.10. The normalized spacial score (nSPS) is 14.3. The average Bonchev–Trinajstić information content (AvgIpc) is 2.26. The van der Waals surface area contributed by atoms with Gasteiger partial charge in [0.25, 0.3) is 0 Å². The number of hydrogen-bond donors (Lipinski definition) is 4. The number of aliphatic hydroxyl groups is 3. The van der Waals surface area contributed by atoms with Crippen LogP contribution in [0.15, 0.2) is 12.1 Å². The Morgan fingerprint density at radius 1 is 1.28 bits per heavy atom. The molecular formula is C11H13F2NO4. The molecule has 7 heteroatoms.